The van der Waals surface area contributed by atoms with Gasteiger partial charge in [0.15, 0.2) is 5.75 Å². The number of nitro benzene ring substituents is 1. The Hall–Kier alpha value is -3.78. The highest BCUT2D eigenvalue weighted by atomic mass is 35.5. The van der Waals surface area contributed by atoms with Gasteiger partial charge in [-0.2, -0.15) is 10.2 Å². The van der Waals surface area contributed by atoms with Crippen molar-refractivity contribution in [1.29, 1.82) is 0 Å². The van der Waals surface area contributed by atoms with E-state index in [0.29, 0.717) is 27.9 Å². The van der Waals surface area contributed by atoms with E-state index in [9.17, 15) is 10.1 Å². The lowest BCUT2D eigenvalue weighted by molar-refractivity contribution is -0.384. The number of non-ortho nitro benzene ring substituents is 1. The van der Waals surface area contributed by atoms with E-state index in [-0.39, 0.29) is 5.69 Å². The normalized spacial score (nSPS) is 12.9. The molecule has 0 radical (unpaired) electrons. The Bertz CT molecular complexity index is 1150. The molecule has 34 heavy (non-hydrogen) atoms. The van der Waals surface area contributed by atoms with E-state index in [1.165, 1.54) is 18.6 Å². The lowest BCUT2D eigenvalue weighted by Gasteiger charge is -2.29. The molecule has 3 aromatic carbocycles. The summed E-state index contributed by atoms with van der Waals surface area (Å²) < 4.78 is 6.15. The molecule has 0 bridgehead atoms. The summed E-state index contributed by atoms with van der Waals surface area (Å²) >= 11 is 6.29. The third-order valence-corrected chi connectivity index (χ3v) is 5.55. The van der Waals surface area contributed by atoms with E-state index in [2.05, 4.69) is 12.3 Å². The first-order valence-corrected chi connectivity index (χ1v) is 11.6. The highest BCUT2D eigenvalue weighted by Crippen LogP contribution is 2.37. The number of hydrogen-bond donors (Lipinski definition) is 1. The zero-order chi connectivity index (χ0) is 23.9. The molecule has 176 valence electrons. The molecule has 0 aliphatic carbocycles. The topological polar surface area (TPSA) is 83.2 Å². The van der Waals surface area contributed by atoms with Gasteiger partial charge in [-0.25, -0.2) is 0 Å². The summed E-state index contributed by atoms with van der Waals surface area (Å²) in [6.07, 6.45) is 5.25. The van der Waals surface area contributed by atoms with Crippen molar-refractivity contribution in [2.45, 2.75) is 39.0 Å². The Morgan fingerprint density at radius 2 is 1.79 bits per heavy atom. The van der Waals surface area contributed by atoms with Gasteiger partial charge in [0, 0.05) is 29.6 Å². The maximum Gasteiger partial charge on any atom is 0.269 e. The summed E-state index contributed by atoms with van der Waals surface area (Å²) in [5.74, 6) is 2.02. The van der Waals surface area contributed by atoms with Gasteiger partial charge >= 0.3 is 0 Å². The molecule has 1 heterocycles. The summed E-state index contributed by atoms with van der Waals surface area (Å²) in [4.78, 5) is 10.7. The van der Waals surface area contributed by atoms with E-state index in [4.69, 9.17) is 21.4 Å². The Morgan fingerprint density at radius 1 is 1.03 bits per heavy atom. The Kier molecular flexibility index (Phi) is 7.49. The highest BCUT2D eigenvalue weighted by Gasteiger charge is 2.28. The minimum Gasteiger partial charge on any atom is -0.455 e. The smallest absolute Gasteiger partial charge is 0.269 e. The Balaban J connectivity index is 1.66. The number of para-hydroxylation sites is 1. The first-order valence-electron chi connectivity index (χ1n) is 11.3. The van der Waals surface area contributed by atoms with Gasteiger partial charge in [0.25, 0.3) is 5.69 Å². The van der Waals surface area contributed by atoms with Crippen LogP contribution in [0.25, 0.3) is 0 Å². The molecule has 8 nitrogen and oxygen atoms in total. The number of ether oxygens (including phenoxy) is 1. The Labute approximate surface area is 203 Å². The number of hydrazone groups is 1. The molecular weight excluding hydrogens is 454 g/mol. The van der Waals surface area contributed by atoms with Crippen LogP contribution in [0.15, 0.2) is 77.9 Å². The standard InChI is InChI=1S/C25H26ClN5O3/c1-2-3-4-8-11-25-27-29(20-13-15-21(16-14-20)31(32)33)30(28-25)23-17-12-19(26)18-24(23)34-22-9-6-5-7-10-22/h5-7,9-10,12-18H,2-4,8,11H2,1H3,(H,27,28). The first-order chi connectivity index (χ1) is 16.5. The van der Waals surface area contributed by atoms with Crippen LogP contribution in [0.4, 0.5) is 17.1 Å². The predicted molar refractivity (Wildman–Crippen MR) is 135 cm³/mol. The molecule has 1 aliphatic heterocycles. The number of unbranched alkanes of at least 4 members (excludes halogenated alkanes) is 3. The molecular formula is C25H26ClN5O3. The van der Waals surface area contributed by atoms with Gasteiger partial charge in [0.2, 0.25) is 0 Å². The Morgan fingerprint density at radius 3 is 2.50 bits per heavy atom. The summed E-state index contributed by atoms with van der Waals surface area (Å²) in [5.41, 5.74) is 4.75. The van der Waals surface area contributed by atoms with Gasteiger partial charge in [-0.1, -0.05) is 56.0 Å². The van der Waals surface area contributed by atoms with Crippen LogP contribution in [-0.4, -0.2) is 10.8 Å². The number of halogens is 1. The van der Waals surface area contributed by atoms with Crippen molar-refractivity contribution in [3.63, 3.8) is 0 Å². The third kappa shape index (κ3) is 5.58. The molecule has 0 atom stereocenters. The summed E-state index contributed by atoms with van der Waals surface area (Å²) in [6.45, 7) is 2.18. The molecule has 3 aromatic rings. The van der Waals surface area contributed by atoms with Crippen LogP contribution >= 0.6 is 11.6 Å². The fraction of sp³-hybridized carbons (Fsp3) is 0.240. The average molecular weight is 480 g/mol. The largest absolute Gasteiger partial charge is 0.455 e. The van der Waals surface area contributed by atoms with E-state index in [0.717, 1.165) is 31.5 Å². The van der Waals surface area contributed by atoms with Crippen molar-refractivity contribution in [3.8, 4) is 11.5 Å². The van der Waals surface area contributed by atoms with Gasteiger partial charge in [-0.3, -0.25) is 15.5 Å². The first kappa shape index (κ1) is 23.4. The van der Waals surface area contributed by atoms with Crippen molar-refractivity contribution in [2.24, 2.45) is 5.10 Å². The quantitative estimate of drug-likeness (QED) is 0.190. The maximum atomic E-state index is 11.1. The van der Waals surface area contributed by atoms with Gasteiger partial charge in [0.05, 0.1) is 10.6 Å². The number of hydrogen-bond acceptors (Lipinski definition) is 7. The number of rotatable bonds is 10. The molecule has 0 fully saturated rings. The number of benzene rings is 3. The van der Waals surface area contributed by atoms with E-state index < -0.39 is 4.92 Å². The molecule has 0 amide bonds. The molecule has 1 aliphatic rings. The second-order valence-corrected chi connectivity index (χ2v) is 8.31. The number of nitrogens with one attached hydrogen (secondary N) is 1. The molecule has 0 unspecified atom stereocenters. The van der Waals surface area contributed by atoms with Crippen LogP contribution in [0, 0.1) is 10.1 Å². The predicted octanol–water partition coefficient (Wildman–Crippen LogP) is 7.07. The van der Waals surface area contributed by atoms with Crippen LogP contribution in [0.3, 0.4) is 0 Å². The molecule has 9 heteroatoms. The number of hydrazine groups is 2. The lowest BCUT2D eigenvalue weighted by atomic mass is 10.1. The SMILES string of the molecule is CCCCCCC1=NN(c2ccc([N+](=O)[O-])cc2)N(c2ccc(Cl)cc2Oc2ccccc2)N1. The fourth-order valence-electron chi connectivity index (χ4n) is 3.58. The van der Waals surface area contributed by atoms with Gasteiger partial charge in [-0.05, 0) is 42.8 Å². The van der Waals surface area contributed by atoms with Gasteiger partial charge in [0.1, 0.15) is 17.3 Å². The van der Waals surface area contributed by atoms with Crippen molar-refractivity contribution in [1.82, 2.24) is 5.43 Å². The molecule has 0 saturated heterocycles. The minimum absolute atomic E-state index is 0.0193. The maximum absolute atomic E-state index is 11.1. The van der Waals surface area contributed by atoms with Crippen LogP contribution in [0.1, 0.15) is 39.0 Å². The lowest BCUT2D eigenvalue weighted by Crippen LogP contribution is -2.44. The van der Waals surface area contributed by atoms with Crippen LogP contribution < -0.4 is 20.4 Å². The van der Waals surface area contributed by atoms with Crippen molar-refractivity contribution >= 4 is 34.5 Å². The van der Waals surface area contributed by atoms with Crippen LogP contribution in [0.5, 0.6) is 11.5 Å². The average Bonchev–Trinajstić information content (AvgIpc) is 3.26. The summed E-state index contributed by atoms with van der Waals surface area (Å²) in [5, 5.41) is 19.9. The third-order valence-electron chi connectivity index (χ3n) is 5.32. The number of nitrogens with zero attached hydrogens (tertiary/aromatic N) is 4. The molecule has 0 spiro atoms. The highest BCUT2D eigenvalue weighted by molar-refractivity contribution is 6.30. The van der Waals surface area contributed by atoms with E-state index in [1.54, 1.807) is 34.5 Å². The summed E-state index contributed by atoms with van der Waals surface area (Å²) in [7, 11) is 0. The molecule has 4 rings (SSSR count). The zero-order valence-electron chi connectivity index (χ0n) is 18.9. The van der Waals surface area contributed by atoms with Gasteiger partial charge < -0.3 is 4.74 Å². The fourth-order valence-corrected chi connectivity index (χ4v) is 3.74. The second kappa shape index (κ2) is 10.9. The van der Waals surface area contributed by atoms with Crippen molar-refractivity contribution in [3.05, 3.63) is 87.9 Å². The monoisotopic (exact) mass is 479 g/mol. The van der Waals surface area contributed by atoms with Crippen molar-refractivity contribution in [2.75, 3.05) is 10.2 Å². The minimum atomic E-state index is -0.419. The number of nitro groups is 1. The van der Waals surface area contributed by atoms with E-state index in [1.807, 2.05) is 36.4 Å². The van der Waals surface area contributed by atoms with Gasteiger partial charge in [-0.15, -0.1) is 5.10 Å². The second-order valence-electron chi connectivity index (χ2n) is 7.87. The number of amidine groups is 1. The molecule has 0 saturated carbocycles. The number of anilines is 2. The van der Waals surface area contributed by atoms with Crippen LogP contribution in [-0.2, 0) is 0 Å². The van der Waals surface area contributed by atoms with Crippen molar-refractivity contribution < 1.29 is 9.66 Å². The zero-order valence-corrected chi connectivity index (χ0v) is 19.6. The van der Waals surface area contributed by atoms with E-state index >= 15 is 0 Å². The van der Waals surface area contributed by atoms with Crippen LogP contribution in [0.2, 0.25) is 5.02 Å². The molecule has 1 N–H and O–H groups in total. The summed E-state index contributed by atoms with van der Waals surface area (Å²) in [6, 6.07) is 21.1. The molecule has 0 aromatic heterocycles.